The maximum absolute atomic E-state index is 14.0. The molecular weight excluding hydrogens is 395 g/mol. The number of nitrogens with one attached hydrogen (secondary N) is 2. The van der Waals surface area contributed by atoms with E-state index >= 15 is 0 Å². The summed E-state index contributed by atoms with van der Waals surface area (Å²) >= 11 is 0. The van der Waals surface area contributed by atoms with E-state index in [0.717, 1.165) is 29.1 Å². The van der Waals surface area contributed by atoms with Crippen molar-refractivity contribution in [1.82, 2.24) is 4.90 Å². The van der Waals surface area contributed by atoms with E-state index in [1.807, 2.05) is 47.1 Å². The van der Waals surface area contributed by atoms with Crippen LogP contribution < -0.4 is 15.1 Å². The SMILES string of the molecule is CCC[NH+](CC(=O)Nc1ccccc1C)CC(=O)N1CCN(c2ccccc2F)CC1. The number of para-hydroxylation sites is 2. The van der Waals surface area contributed by atoms with Gasteiger partial charge >= 0.3 is 0 Å². The molecule has 0 aromatic heterocycles. The van der Waals surface area contributed by atoms with Crippen molar-refractivity contribution in [3.05, 3.63) is 59.9 Å². The van der Waals surface area contributed by atoms with Gasteiger partial charge in [0.15, 0.2) is 13.1 Å². The molecule has 2 amide bonds. The normalized spacial score (nSPS) is 14.9. The van der Waals surface area contributed by atoms with Gasteiger partial charge in [-0.15, -0.1) is 0 Å². The van der Waals surface area contributed by atoms with Gasteiger partial charge in [0, 0.05) is 31.9 Å². The number of rotatable bonds is 8. The van der Waals surface area contributed by atoms with Gasteiger partial charge in [-0.3, -0.25) is 9.59 Å². The lowest BCUT2D eigenvalue weighted by molar-refractivity contribution is -0.884. The number of piperazine rings is 1. The second kappa shape index (κ2) is 10.9. The van der Waals surface area contributed by atoms with Gasteiger partial charge in [0.2, 0.25) is 0 Å². The average molecular weight is 428 g/mol. The van der Waals surface area contributed by atoms with Crippen LogP contribution in [0.1, 0.15) is 18.9 Å². The molecule has 2 aromatic carbocycles. The number of halogens is 1. The minimum absolute atomic E-state index is 0.0420. The summed E-state index contributed by atoms with van der Waals surface area (Å²) in [5.41, 5.74) is 2.40. The zero-order valence-corrected chi connectivity index (χ0v) is 18.4. The predicted octanol–water partition coefficient (Wildman–Crippen LogP) is 1.72. The van der Waals surface area contributed by atoms with Crippen LogP contribution in [0.2, 0.25) is 0 Å². The van der Waals surface area contributed by atoms with Crippen LogP contribution in [0.25, 0.3) is 0 Å². The number of aryl methyl sites for hydroxylation is 1. The Bertz CT molecular complexity index is 897. The largest absolute Gasteiger partial charge is 0.366 e. The summed E-state index contributed by atoms with van der Waals surface area (Å²) in [5.74, 6) is -0.282. The average Bonchev–Trinajstić information content (AvgIpc) is 2.76. The standard InChI is InChI=1S/C24H31FN4O2/c1-3-12-27(17-23(30)26-21-10-6-4-8-19(21)2)18-24(31)29-15-13-28(14-16-29)22-11-7-5-9-20(22)25/h4-11H,3,12-18H2,1-2H3,(H,26,30)/p+1. The zero-order chi connectivity index (χ0) is 22.2. The van der Waals surface area contributed by atoms with Crippen molar-refractivity contribution in [2.24, 2.45) is 0 Å². The van der Waals surface area contributed by atoms with Gasteiger partial charge in [0.1, 0.15) is 5.82 Å². The van der Waals surface area contributed by atoms with Crippen LogP contribution in [0, 0.1) is 12.7 Å². The highest BCUT2D eigenvalue weighted by Gasteiger charge is 2.26. The van der Waals surface area contributed by atoms with Gasteiger partial charge in [-0.1, -0.05) is 37.3 Å². The summed E-state index contributed by atoms with van der Waals surface area (Å²) in [4.78, 5) is 30.2. The van der Waals surface area contributed by atoms with Crippen molar-refractivity contribution in [3.8, 4) is 0 Å². The Morgan fingerprint density at radius 1 is 1.00 bits per heavy atom. The molecule has 1 fully saturated rings. The molecular formula is C24H32FN4O2+. The molecule has 6 nitrogen and oxygen atoms in total. The molecule has 1 aliphatic rings. The first-order valence-electron chi connectivity index (χ1n) is 10.9. The van der Waals surface area contributed by atoms with E-state index in [-0.39, 0.29) is 30.7 Å². The molecule has 2 N–H and O–H groups in total. The third kappa shape index (κ3) is 6.28. The summed E-state index contributed by atoms with van der Waals surface area (Å²) in [6.07, 6.45) is 0.890. The fraction of sp³-hybridized carbons (Fsp3) is 0.417. The minimum Gasteiger partial charge on any atom is -0.366 e. The van der Waals surface area contributed by atoms with Crippen molar-refractivity contribution in [3.63, 3.8) is 0 Å². The van der Waals surface area contributed by atoms with Gasteiger partial charge in [-0.25, -0.2) is 4.39 Å². The smallest absolute Gasteiger partial charge is 0.279 e. The van der Waals surface area contributed by atoms with E-state index in [4.69, 9.17) is 0 Å². The second-order valence-electron chi connectivity index (χ2n) is 8.04. The van der Waals surface area contributed by atoms with E-state index in [2.05, 4.69) is 12.2 Å². The summed E-state index contributed by atoms with van der Waals surface area (Å²) in [7, 11) is 0. The molecule has 1 heterocycles. The Labute approximate surface area is 183 Å². The first-order chi connectivity index (χ1) is 15.0. The number of amides is 2. The van der Waals surface area contributed by atoms with Gasteiger partial charge < -0.3 is 20.0 Å². The van der Waals surface area contributed by atoms with Gasteiger partial charge in [0.05, 0.1) is 12.2 Å². The first kappa shape index (κ1) is 22.7. The molecule has 0 saturated carbocycles. The number of hydrogen-bond donors (Lipinski definition) is 2. The van der Waals surface area contributed by atoms with E-state index in [1.165, 1.54) is 6.07 Å². The molecule has 166 valence electrons. The van der Waals surface area contributed by atoms with E-state index < -0.39 is 0 Å². The highest BCUT2D eigenvalue weighted by molar-refractivity contribution is 5.92. The maximum atomic E-state index is 14.0. The second-order valence-corrected chi connectivity index (χ2v) is 8.04. The van der Waals surface area contributed by atoms with Crippen LogP contribution in [-0.4, -0.2) is 62.5 Å². The number of anilines is 2. The van der Waals surface area contributed by atoms with E-state index in [0.29, 0.717) is 31.9 Å². The quantitative estimate of drug-likeness (QED) is 0.675. The maximum Gasteiger partial charge on any atom is 0.279 e. The lowest BCUT2D eigenvalue weighted by Gasteiger charge is -2.36. The molecule has 0 bridgehead atoms. The van der Waals surface area contributed by atoms with Crippen molar-refractivity contribution in [1.29, 1.82) is 0 Å². The highest BCUT2D eigenvalue weighted by Crippen LogP contribution is 2.20. The molecule has 1 atom stereocenters. The molecule has 1 saturated heterocycles. The molecule has 7 heteroatoms. The third-order valence-electron chi connectivity index (χ3n) is 5.66. The van der Waals surface area contributed by atoms with Crippen molar-refractivity contribution in [2.45, 2.75) is 20.3 Å². The topological polar surface area (TPSA) is 57.1 Å². The van der Waals surface area contributed by atoms with E-state index in [1.54, 1.807) is 12.1 Å². The lowest BCUT2D eigenvalue weighted by atomic mass is 10.2. The van der Waals surface area contributed by atoms with Crippen LogP contribution >= 0.6 is 0 Å². The summed E-state index contributed by atoms with van der Waals surface area (Å²) in [6, 6.07) is 14.4. The van der Waals surface area contributed by atoms with Crippen LogP contribution in [0.15, 0.2) is 48.5 Å². The molecule has 1 aliphatic heterocycles. The van der Waals surface area contributed by atoms with Gasteiger partial charge in [-0.2, -0.15) is 0 Å². The molecule has 0 radical (unpaired) electrons. The highest BCUT2D eigenvalue weighted by atomic mass is 19.1. The number of quaternary nitrogens is 1. The molecule has 0 aliphatic carbocycles. The Hall–Kier alpha value is -2.93. The Balaban J connectivity index is 1.52. The molecule has 31 heavy (non-hydrogen) atoms. The molecule has 3 rings (SSSR count). The van der Waals surface area contributed by atoms with Crippen LogP contribution in [0.4, 0.5) is 15.8 Å². The number of benzene rings is 2. The summed E-state index contributed by atoms with van der Waals surface area (Å²) < 4.78 is 14.0. The fourth-order valence-corrected chi connectivity index (χ4v) is 3.96. The minimum atomic E-state index is -0.236. The Morgan fingerprint density at radius 2 is 1.68 bits per heavy atom. The van der Waals surface area contributed by atoms with Crippen molar-refractivity contribution < 1.29 is 18.9 Å². The number of carbonyl (C=O) groups is 2. The van der Waals surface area contributed by atoms with Crippen LogP contribution in [0.3, 0.4) is 0 Å². The van der Waals surface area contributed by atoms with Crippen LogP contribution in [-0.2, 0) is 9.59 Å². The molecule has 2 aromatic rings. The van der Waals surface area contributed by atoms with Crippen molar-refractivity contribution in [2.75, 3.05) is 56.0 Å². The summed E-state index contributed by atoms with van der Waals surface area (Å²) in [5, 5.41) is 2.95. The number of nitrogens with zero attached hydrogens (tertiary/aromatic N) is 2. The number of carbonyl (C=O) groups excluding carboxylic acids is 2. The third-order valence-corrected chi connectivity index (χ3v) is 5.66. The predicted molar refractivity (Wildman–Crippen MR) is 121 cm³/mol. The fourth-order valence-electron chi connectivity index (χ4n) is 3.96. The van der Waals surface area contributed by atoms with Gasteiger partial charge in [-0.05, 0) is 37.1 Å². The Kier molecular flexibility index (Phi) is 8.00. The molecule has 0 spiro atoms. The van der Waals surface area contributed by atoms with Crippen LogP contribution in [0.5, 0.6) is 0 Å². The van der Waals surface area contributed by atoms with E-state index in [9.17, 15) is 14.0 Å². The molecule has 1 unspecified atom stereocenters. The number of hydrogen-bond acceptors (Lipinski definition) is 3. The zero-order valence-electron chi connectivity index (χ0n) is 18.4. The summed E-state index contributed by atoms with van der Waals surface area (Å²) in [6.45, 7) is 7.62. The van der Waals surface area contributed by atoms with Gasteiger partial charge in [0.25, 0.3) is 11.8 Å². The monoisotopic (exact) mass is 427 g/mol. The first-order valence-corrected chi connectivity index (χ1v) is 10.9. The Morgan fingerprint density at radius 3 is 2.35 bits per heavy atom. The lowest BCUT2D eigenvalue weighted by Crippen LogP contribution is -3.14. The van der Waals surface area contributed by atoms with Crippen molar-refractivity contribution >= 4 is 23.2 Å².